The van der Waals surface area contributed by atoms with Gasteiger partial charge in [0.25, 0.3) is 0 Å². The molecule has 0 saturated heterocycles. The van der Waals surface area contributed by atoms with E-state index in [-0.39, 0.29) is 0 Å². The second kappa shape index (κ2) is 9.72. The van der Waals surface area contributed by atoms with Crippen LogP contribution in [0.5, 0.6) is 11.5 Å². The molecular formula is C23H23Cl2NO2. The third-order valence-corrected chi connectivity index (χ3v) is 4.75. The Bertz CT molecular complexity index is 923. The standard InChI is InChI=1S/C23H23Cl2NO2/c1-3-27-23-10-17(14-26-21-12-19(24)11-20(25)13-21)8-9-22(23)28-15-18-7-5-4-6-16(18)2/h4-13,26H,3,14-15H2,1-2H3. The molecule has 3 aromatic rings. The number of hydrogen-bond acceptors (Lipinski definition) is 3. The first-order chi connectivity index (χ1) is 13.5. The molecule has 0 heterocycles. The lowest BCUT2D eigenvalue weighted by molar-refractivity contribution is 0.268. The van der Waals surface area contributed by atoms with Crippen molar-refractivity contribution >= 4 is 28.9 Å². The van der Waals surface area contributed by atoms with Gasteiger partial charge in [0.2, 0.25) is 0 Å². The van der Waals surface area contributed by atoms with Gasteiger partial charge >= 0.3 is 0 Å². The molecule has 0 radical (unpaired) electrons. The quantitative estimate of drug-likeness (QED) is 0.434. The molecular weight excluding hydrogens is 393 g/mol. The fourth-order valence-corrected chi connectivity index (χ4v) is 3.36. The van der Waals surface area contributed by atoms with Crippen LogP contribution >= 0.6 is 23.2 Å². The molecule has 3 rings (SSSR count). The van der Waals surface area contributed by atoms with Gasteiger partial charge in [-0.2, -0.15) is 0 Å². The van der Waals surface area contributed by atoms with Crippen LogP contribution in [0.4, 0.5) is 5.69 Å². The number of benzene rings is 3. The van der Waals surface area contributed by atoms with Crippen LogP contribution in [-0.2, 0) is 13.2 Å². The van der Waals surface area contributed by atoms with E-state index in [1.807, 2.05) is 49.4 Å². The van der Waals surface area contributed by atoms with Crippen LogP contribution in [0.15, 0.2) is 60.7 Å². The average Bonchev–Trinajstić information content (AvgIpc) is 2.66. The molecule has 0 atom stereocenters. The van der Waals surface area contributed by atoms with Crippen molar-refractivity contribution in [2.75, 3.05) is 11.9 Å². The van der Waals surface area contributed by atoms with Crippen LogP contribution in [-0.4, -0.2) is 6.61 Å². The predicted octanol–water partition coefficient (Wildman–Crippen LogP) is 6.89. The number of ether oxygens (including phenoxy) is 2. The molecule has 1 N–H and O–H groups in total. The normalized spacial score (nSPS) is 10.6. The molecule has 0 spiro atoms. The molecule has 0 aromatic heterocycles. The number of aryl methyl sites for hydroxylation is 1. The van der Waals surface area contributed by atoms with Crippen LogP contribution in [0.25, 0.3) is 0 Å². The smallest absolute Gasteiger partial charge is 0.161 e. The maximum Gasteiger partial charge on any atom is 0.161 e. The zero-order valence-electron chi connectivity index (χ0n) is 16.0. The van der Waals surface area contributed by atoms with Crippen molar-refractivity contribution in [3.8, 4) is 11.5 Å². The minimum atomic E-state index is 0.505. The Morgan fingerprint density at radius 3 is 2.32 bits per heavy atom. The van der Waals surface area contributed by atoms with E-state index in [2.05, 4.69) is 24.4 Å². The second-order valence-electron chi connectivity index (χ2n) is 6.44. The summed E-state index contributed by atoms with van der Waals surface area (Å²) in [4.78, 5) is 0. The number of nitrogens with one attached hydrogen (secondary N) is 1. The van der Waals surface area contributed by atoms with E-state index in [0.29, 0.717) is 29.8 Å². The van der Waals surface area contributed by atoms with E-state index in [4.69, 9.17) is 32.7 Å². The highest BCUT2D eigenvalue weighted by atomic mass is 35.5. The number of anilines is 1. The Balaban J connectivity index is 1.70. The lowest BCUT2D eigenvalue weighted by Crippen LogP contribution is -2.03. The van der Waals surface area contributed by atoms with Gasteiger partial charge in [-0.05, 0) is 60.9 Å². The van der Waals surface area contributed by atoms with Gasteiger partial charge in [0.15, 0.2) is 11.5 Å². The molecule has 146 valence electrons. The summed E-state index contributed by atoms with van der Waals surface area (Å²) in [7, 11) is 0. The maximum absolute atomic E-state index is 6.05. The average molecular weight is 416 g/mol. The molecule has 0 amide bonds. The molecule has 0 aliphatic rings. The van der Waals surface area contributed by atoms with Gasteiger partial charge in [0.1, 0.15) is 6.61 Å². The number of rotatable bonds is 8. The topological polar surface area (TPSA) is 30.5 Å². The summed E-state index contributed by atoms with van der Waals surface area (Å²) in [5, 5.41) is 4.54. The highest BCUT2D eigenvalue weighted by molar-refractivity contribution is 6.35. The summed E-state index contributed by atoms with van der Waals surface area (Å²) in [6, 6.07) is 19.6. The fourth-order valence-electron chi connectivity index (χ4n) is 2.84. The molecule has 28 heavy (non-hydrogen) atoms. The molecule has 0 fully saturated rings. The van der Waals surface area contributed by atoms with E-state index in [1.165, 1.54) is 5.56 Å². The maximum atomic E-state index is 6.05. The first-order valence-corrected chi connectivity index (χ1v) is 9.93. The number of halogens is 2. The van der Waals surface area contributed by atoms with E-state index in [1.54, 1.807) is 6.07 Å². The van der Waals surface area contributed by atoms with Gasteiger partial charge in [-0.15, -0.1) is 0 Å². The Morgan fingerprint density at radius 2 is 1.61 bits per heavy atom. The molecule has 0 saturated carbocycles. The van der Waals surface area contributed by atoms with Crippen molar-refractivity contribution in [2.24, 2.45) is 0 Å². The zero-order chi connectivity index (χ0) is 19.9. The summed E-state index contributed by atoms with van der Waals surface area (Å²) < 4.78 is 11.8. The van der Waals surface area contributed by atoms with Crippen molar-refractivity contribution in [1.29, 1.82) is 0 Å². The number of hydrogen-bond donors (Lipinski definition) is 1. The zero-order valence-corrected chi connectivity index (χ0v) is 17.5. The minimum absolute atomic E-state index is 0.505. The van der Waals surface area contributed by atoms with E-state index >= 15 is 0 Å². The van der Waals surface area contributed by atoms with Gasteiger partial charge in [-0.25, -0.2) is 0 Å². The monoisotopic (exact) mass is 415 g/mol. The molecule has 3 nitrogen and oxygen atoms in total. The molecule has 0 aliphatic heterocycles. The van der Waals surface area contributed by atoms with Crippen molar-refractivity contribution in [3.63, 3.8) is 0 Å². The highest BCUT2D eigenvalue weighted by Crippen LogP contribution is 2.30. The highest BCUT2D eigenvalue weighted by Gasteiger charge is 2.08. The van der Waals surface area contributed by atoms with Crippen LogP contribution in [0, 0.1) is 6.92 Å². The second-order valence-corrected chi connectivity index (χ2v) is 7.31. The Kier molecular flexibility index (Phi) is 7.07. The van der Waals surface area contributed by atoms with Crippen molar-refractivity contribution in [2.45, 2.75) is 27.0 Å². The SMILES string of the molecule is CCOc1cc(CNc2cc(Cl)cc(Cl)c2)ccc1OCc1ccccc1C. The Morgan fingerprint density at radius 1 is 0.857 bits per heavy atom. The molecule has 5 heteroatoms. The Hall–Kier alpha value is -2.36. The summed E-state index contributed by atoms with van der Waals surface area (Å²) >= 11 is 12.1. The van der Waals surface area contributed by atoms with Crippen LogP contribution in [0.1, 0.15) is 23.6 Å². The first-order valence-electron chi connectivity index (χ1n) is 9.18. The van der Waals surface area contributed by atoms with Crippen molar-refractivity contribution < 1.29 is 9.47 Å². The first kappa shape index (κ1) is 20.4. The van der Waals surface area contributed by atoms with E-state index in [9.17, 15) is 0 Å². The van der Waals surface area contributed by atoms with Gasteiger partial charge < -0.3 is 14.8 Å². The van der Waals surface area contributed by atoms with Crippen LogP contribution < -0.4 is 14.8 Å². The van der Waals surface area contributed by atoms with Gasteiger partial charge in [0.05, 0.1) is 6.61 Å². The van der Waals surface area contributed by atoms with Gasteiger partial charge in [-0.3, -0.25) is 0 Å². The lowest BCUT2D eigenvalue weighted by atomic mass is 10.1. The Labute approximate surface area is 176 Å². The molecule has 0 bridgehead atoms. The lowest BCUT2D eigenvalue weighted by Gasteiger charge is -2.15. The molecule has 3 aromatic carbocycles. The van der Waals surface area contributed by atoms with E-state index in [0.717, 1.165) is 28.3 Å². The van der Waals surface area contributed by atoms with Crippen LogP contribution in [0.2, 0.25) is 10.0 Å². The van der Waals surface area contributed by atoms with Crippen LogP contribution in [0.3, 0.4) is 0 Å². The summed E-state index contributed by atoms with van der Waals surface area (Å²) in [5.74, 6) is 1.47. The van der Waals surface area contributed by atoms with Crippen molar-refractivity contribution in [1.82, 2.24) is 0 Å². The summed E-state index contributed by atoms with van der Waals surface area (Å²) in [6.07, 6.45) is 0. The largest absolute Gasteiger partial charge is 0.490 e. The third-order valence-electron chi connectivity index (χ3n) is 4.31. The third kappa shape index (κ3) is 5.57. The van der Waals surface area contributed by atoms with Crippen molar-refractivity contribution in [3.05, 3.63) is 87.4 Å². The summed E-state index contributed by atoms with van der Waals surface area (Å²) in [5.41, 5.74) is 4.31. The van der Waals surface area contributed by atoms with Gasteiger partial charge in [0, 0.05) is 22.3 Å². The fraction of sp³-hybridized carbons (Fsp3) is 0.217. The van der Waals surface area contributed by atoms with Gasteiger partial charge in [-0.1, -0.05) is 53.5 Å². The predicted molar refractivity (Wildman–Crippen MR) is 117 cm³/mol. The molecule has 0 unspecified atom stereocenters. The molecule has 0 aliphatic carbocycles. The summed E-state index contributed by atoms with van der Waals surface area (Å²) in [6.45, 7) is 5.74. The van der Waals surface area contributed by atoms with E-state index < -0.39 is 0 Å². The minimum Gasteiger partial charge on any atom is -0.490 e.